The highest BCUT2D eigenvalue weighted by atomic mass is 16.5. The summed E-state index contributed by atoms with van der Waals surface area (Å²) in [5.74, 6) is 0.769. The van der Waals surface area contributed by atoms with Gasteiger partial charge in [0, 0.05) is 12.6 Å². The predicted molar refractivity (Wildman–Crippen MR) is 64.0 cm³/mol. The van der Waals surface area contributed by atoms with E-state index >= 15 is 0 Å². The van der Waals surface area contributed by atoms with Gasteiger partial charge in [-0.2, -0.15) is 0 Å². The summed E-state index contributed by atoms with van der Waals surface area (Å²) in [5, 5.41) is 3.34. The van der Waals surface area contributed by atoms with Crippen LogP contribution in [-0.4, -0.2) is 12.6 Å². The number of nitrogens with one attached hydrogen (secondary N) is 1. The molecule has 0 aromatic heterocycles. The number of benzene rings is 1. The van der Waals surface area contributed by atoms with E-state index in [1.807, 2.05) is 25.1 Å². The van der Waals surface area contributed by atoms with Gasteiger partial charge in [0.2, 0.25) is 0 Å². The fourth-order valence-electron chi connectivity index (χ4n) is 1.32. The summed E-state index contributed by atoms with van der Waals surface area (Å²) in [6, 6.07) is 6.41. The first kappa shape index (κ1) is 11.9. The van der Waals surface area contributed by atoms with Gasteiger partial charge in [-0.15, -0.1) is 0 Å². The molecule has 0 amide bonds. The fraction of sp³-hybridized carbons (Fsp3) is 0.500. The zero-order valence-corrected chi connectivity index (χ0v) is 9.71. The van der Waals surface area contributed by atoms with Crippen LogP contribution in [0.1, 0.15) is 26.3 Å². The Kier molecular flexibility index (Phi) is 4.43. The molecular formula is C12H20N2O. The van der Waals surface area contributed by atoms with E-state index < -0.39 is 0 Å². The van der Waals surface area contributed by atoms with Crippen LogP contribution in [0.2, 0.25) is 0 Å². The molecule has 0 aliphatic heterocycles. The number of hydrogen-bond donors (Lipinski definition) is 2. The smallest absolute Gasteiger partial charge is 0.142 e. The lowest BCUT2D eigenvalue weighted by Crippen LogP contribution is -2.21. The zero-order chi connectivity index (χ0) is 11.3. The molecule has 1 aromatic rings. The quantitative estimate of drug-likeness (QED) is 0.729. The Morgan fingerprint density at radius 1 is 1.40 bits per heavy atom. The molecule has 3 nitrogen and oxygen atoms in total. The maximum absolute atomic E-state index is 5.86. The van der Waals surface area contributed by atoms with Crippen molar-refractivity contribution >= 4 is 5.69 Å². The molecule has 0 spiro atoms. The first-order chi connectivity index (χ1) is 7.13. The maximum atomic E-state index is 5.86. The van der Waals surface area contributed by atoms with E-state index in [0.717, 1.165) is 12.3 Å². The van der Waals surface area contributed by atoms with E-state index in [-0.39, 0.29) is 0 Å². The summed E-state index contributed by atoms with van der Waals surface area (Å²) in [4.78, 5) is 0. The van der Waals surface area contributed by atoms with Crippen molar-refractivity contribution in [2.24, 2.45) is 0 Å². The first-order valence-electron chi connectivity index (χ1n) is 5.38. The van der Waals surface area contributed by atoms with Crippen LogP contribution in [0.25, 0.3) is 0 Å². The zero-order valence-electron chi connectivity index (χ0n) is 9.71. The van der Waals surface area contributed by atoms with E-state index in [1.54, 1.807) is 0 Å². The van der Waals surface area contributed by atoms with Crippen molar-refractivity contribution in [1.82, 2.24) is 5.32 Å². The van der Waals surface area contributed by atoms with Crippen molar-refractivity contribution in [3.8, 4) is 5.75 Å². The molecular weight excluding hydrogens is 188 g/mol. The lowest BCUT2D eigenvalue weighted by atomic mass is 10.2. The minimum absolute atomic E-state index is 0.484. The normalized spacial score (nSPS) is 10.7. The SMILES string of the molecule is CCOc1ccc(CNC(C)C)cc1N. The Bertz CT molecular complexity index is 310. The van der Waals surface area contributed by atoms with E-state index in [1.165, 1.54) is 5.56 Å². The summed E-state index contributed by atoms with van der Waals surface area (Å²) in [7, 11) is 0. The molecule has 0 saturated carbocycles. The number of hydrogen-bond acceptors (Lipinski definition) is 3. The molecule has 0 aliphatic carbocycles. The maximum Gasteiger partial charge on any atom is 0.142 e. The largest absolute Gasteiger partial charge is 0.492 e. The van der Waals surface area contributed by atoms with Crippen LogP contribution in [0.5, 0.6) is 5.75 Å². The average Bonchev–Trinajstić information content (AvgIpc) is 2.19. The van der Waals surface area contributed by atoms with Gasteiger partial charge in [0.1, 0.15) is 5.75 Å². The van der Waals surface area contributed by atoms with Gasteiger partial charge in [-0.3, -0.25) is 0 Å². The van der Waals surface area contributed by atoms with Crippen LogP contribution in [0.15, 0.2) is 18.2 Å². The molecule has 0 bridgehead atoms. The molecule has 0 radical (unpaired) electrons. The van der Waals surface area contributed by atoms with Gasteiger partial charge in [0.05, 0.1) is 12.3 Å². The second-order valence-electron chi connectivity index (χ2n) is 3.84. The van der Waals surface area contributed by atoms with Gasteiger partial charge in [-0.05, 0) is 24.6 Å². The Morgan fingerprint density at radius 3 is 2.67 bits per heavy atom. The van der Waals surface area contributed by atoms with Gasteiger partial charge in [-0.1, -0.05) is 19.9 Å². The summed E-state index contributed by atoms with van der Waals surface area (Å²) in [6.07, 6.45) is 0. The molecule has 3 heteroatoms. The summed E-state index contributed by atoms with van der Waals surface area (Å²) < 4.78 is 5.37. The highest BCUT2D eigenvalue weighted by molar-refractivity contribution is 5.54. The Morgan fingerprint density at radius 2 is 2.13 bits per heavy atom. The van der Waals surface area contributed by atoms with Gasteiger partial charge in [0.25, 0.3) is 0 Å². The second-order valence-corrected chi connectivity index (χ2v) is 3.84. The van der Waals surface area contributed by atoms with E-state index in [4.69, 9.17) is 10.5 Å². The molecule has 84 valence electrons. The predicted octanol–water partition coefficient (Wildman–Crippen LogP) is 2.17. The molecule has 0 fully saturated rings. The lowest BCUT2D eigenvalue weighted by Gasteiger charge is -2.11. The number of ether oxygens (including phenoxy) is 1. The van der Waals surface area contributed by atoms with Crippen molar-refractivity contribution in [2.45, 2.75) is 33.4 Å². The van der Waals surface area contributed by atoms with Crippen LogP contribution < -0.4 is 15.8 Å². The van der Waals surface area contributed by atoms with Crippen LogP contribution in [0.3, 0.4) is 0 Å². The van der Waals surface area contributed by atoms with Gasteiger partial charge >= 0.3 is 0 Å². The first-order valence-corrected chi connectivity index (χ1v) is 5.38. The minimum Gasteiger partial charge on any atom is -0.492 e. The van der Waals surface area contributed by atoms with E-state index in [9.17, 15) is 0 Å². The molecule has 3 N–H and O–H groups in total. The molecule has 0 unspecified atom stereocenters. The van der Waals surface area contributed by atoms with Crippen molar-refractivity contribution in [3.63, 3.8) is 0 Å². The Hall–Kier alpha value is -1.22. The minimum atomic E-state index is 0.484. The molecule has 1 aromatic carbocycles. The summed E-state index contributed by atoms with van der Waals surface area (Å²) in [6.45, 7) is 7.69. The lowest BCUT2D eigenvalue weighted by molar-refractivity contribution is 0.342. The number of rotatable bonds is 5. The van der Waals surface area contributed by atoms with Gasteiger partial charge < -0.3 is 15.8 Å². The van der Waals surface area contributed by atoms with Crippen LogP contribution in [-0.2, 0) is 6.54 Å². The molecule has 15 heavy (non-hydrogen) atoms. The van der Waals surface area contributed by atoms with E-state index in [0.29, 0.717) is 18.3 Å². The topological polar surface area (TPSA) is 47.3 Å². The monoisotopic (exact) mass is 208 g/mol. The summed E-state index contributed by atoms with van der Waals surface area (Å²) in [5.41, 5.74) is 7.75. The molecule has 0 heterocycles. The van der Waals surface area contributed by atoms with Crippen LogP contribution in [0.4, 0.5) is 5.69 Å². The van der Waals surface area contributed by atoms with Crippen molar-refractivity contribution < 1.29 is 4.74 Å². The van der Waals surface area contributed by atoms with Crippen molar-refractivity contribution in [3.05, 3.63) is 23.8 Å². The molecule has 0 atom stereocenters. The number of anilines is 1. The van der Waals surface area contributed by atoms with E-state index in [2.05, 4.69) is 19.2 Å². The van der Waals surface area contributed by atoms with Gasteiger partial charge in [-0.25, -0.2) is 0 Å². The third-order valence-electron chi connectivity index (χ3n) is 2.09. The highest BCUT2D eigenvalue weighted by Gasteiger charge is 2.01. The molecule has 0 aliphatic rings. The molecule has 0 saturated heterocycles. The highest BCUT2D eigenvalue weighted by Crippen LogP contribution is 2.22. The Labute approximate surface area is 91.6 Å². The Balaban J connectivity index is 2.64. The second kappa shape index (κ2) is 5.61. The average molecular weight is 208 g/mol. The van der Waals surface area contributed by atoms with Crippen LogP contribution in [0, 0.1) is 0 Å². The molecule has 1 rings (SSSR count). The van der Waals surface area contributed by atoms with Crippen LogP contribution >= 0.6 is 0 Å². The number of nitrogens with two attached hydrogens (primary N) is 1. The standard InChI is InChI=1S/C12H20N2O/c1-4-15-12-6-5-10(7-11(12)13)8-14-9(2)3/h5-7,9,14H,4,8,13H2,1-3H3. The van der Waals surface area contributed by atoms with Crippen molar-refractivity contribution in [1.29, 1.82) is 0 Å². The van der Waals surface area contributed by atoms with Gasteiger partial charge in [0.15, 0.2) is 0 Å². The summed E-state index contributed by atoms with van der Waals surface area (Å²) >= 11 is 0. The third-order valence-corrected chi connectivity index (χ3v) is 2.09. The fourth-order valence-corrected chi connectivity index (χ4v) is 1.32. The number of nitrogen functional groups attached to an aromatic ring is 1. The van der Waals surface area contributed by atoms with Crippen molar-refractivity contribution in [2.75, 3.05) is 12.3 Å². The third kappa shape index (κ3) is 3.80.